The summed E-state index contributed by atoms with van der Waals surface area (Å²) >= 11 is 0. The number of nitrogens with one attached hydrogen (secondary N) is 1. The third-order valence-electron chi connectivity index (χ3n) is 0.516. The highest BCUT2D eigenvalue weighted by Crippen LogP contribution is 1.43. The number of aliphatic hydroxyl groups is 2. The molecule has 0 saturated heterocycles. The Morgan fingerprint density at radius 1 is 1.29 bits per heavy atom. The van der Waals surface area contributed by atoms with Crippen LogP contribution < -0.4 is 17.3 Å². The average molecular weight is 128 g/mol. The van der Waals surface area contributed by atoms with Gasteiger partial charge in [0.25, 0.3) is 0 Å². The molecular formula is C3H10ClNO2. The van der Waals surface area contributed by atoms with E-state index in [1.54, 1.807) is 14.1 Å². The lowest BCUT2D eigenvalue weighted by molar-refractivity contribution is -0.936. The van der Waals surface area contributed by atoms with Crippen LogP contribution in [0.1, 0.15) is 0 Å². The van der Waals surface area contributed by atoms with Crippen LogP contribution in [0.3, 0.4) is 0 Å². The smallest absolute Gasteiger partial charge is 0.301 e. The lowest BCUT2D eigenvalue weighted by atomic mass is 10.9. The summed E-state index contributed by atoms with van der Waals surface area (Å²) in [6, 6.07) is 0. The van der Waals surface area contributed by atoms with Crippen molar-refractivity contribution in [2.45, 2.75) is 6.41 Å². The van der Waals surface area contributed by atoms with Crippen LogP contribution in [-0.4, -0.2) is 30.7 Å². The van der Waals surface area contributed by atoms with Gasteiger partial charge in [-0.3, -0.25) is 4.90 Å². The molecule has 0 aliphatic carbocycles. The van der Waals surface area contributed by atoms with E-state index in [0.717, 1.165) is 0 Å². The minimum atomic E-state index is -1.23. The van der Waals surface area contributed by atoms with Crippen molar-refractivity contribution in [3.63, 3.8) is 0 Å². The molecule has 0 aromatic carbocycles. The van der Waals surface area contributed by atoms with Gasteiger partial charge in [-0.15, -0.1) is 0 Å². The van der Waals surface area contributed by atoms with Crippen LogP contribution in [0.25, 0.3) is 0 Å². The maximum absolute atomic E-state index is 8.15. The van der Waals surface area contributed by atoms with Crippen molar-refractivity contribution in [2.75, 3.05) is 14.1 Å². The molecule has 0 rings (SSSR count). The van der Waals surface area contributed by atoms with Crippen LogP contribution in [0.2, 0.25) is 0 Å². The highest BCUT2D eigenvalue weighted by molar-refractivity contribution is 3.87. The van der Waals surface area contributed by atoms with Crippen molar-refractivity contribution in [3.8, 4) is 0 Å². The highest BCUT2D eigenvalue weighted by Gasteiger charge is 1.99. The van der Waals surface area contributed by atoms with Gasteiger partial charge in [0.15, 0.2) is 0 Å². The lowest BCUT2D eigenvalue weighted by Gasteiger charge is -2.06. The third kappa shape index (κ3) is 6.17. The summed E-state index contributed by atoms with van der Waals surface area (Å²) in [5, 5.41) is 16.3. The SMILES string of the molecule is C[NH+](C)C(O)O.[Cl-]. The summed E-state index contributed by atoms with van der Waals surface area (Å²) in [4.78, 5) is 0.620. The molecule has 3 nitrogen and oxygen atoms in total. The van der Waals surface area contributed by atoms with Crippen LogP contribution >= 0.6 is 0 Å². The summed E-state index contributed by atoms with van der Waals surface area (Å²) in [6.45, 7) is 0. The third-order valence-corrected chi connectivity index (χ3v) is 0.516. The zero-order valence-corrected chi connectivity index (χ0v) is 5.11. The Morgan fingerprint density at radius 3 is 1.43 bits per heavy atom. The standard InChI is InChI=1S/C3H9NO2.ClH/c1-4(2)3(5)6;/h3,5-6H,1-2H3;1H. The largest absolute Gasteiger partial charge is 1.00 e. The van der Waals surface area contributed by atoms with Gasteiger partial charge in [-0.25, -0.2) is 0 Å². The van der Waals surface area contributed by atoms with Gasteiger partial charge >= 0.3 is 6.41 Å². The van der Waals surface area contributed by atoms with E-state index >= 15 is 0 Å². The van der Waals surface area contributed by atoms with Crippen molar-refractivity contribution in [2.24, 2.45) is 0 Å². The molecule has 0 amide bonds. The van der Waals surface area contributed by atoms with Crippen LogP contribution in [0.15, 0.2) is 0 Å². The first-order valence-electron chi connectivity index (χ1n) is 1.81. The normalized spacial score (nSPS) is 9.43. The molecule has 0 saturated carbocycles. The fourth-order valence-corrected chi connectivity index (χ4v) is 0. The summed E-state index contributed by atoms with van der Waals surface area (Å²) in [5.41, 5.74) is 0. The van der Waals surface area contributed by atoms with E-state index in [1.165, 1.54) is 0 Å². The highest BCUT2D eigenvalue weighted by atomic mass is 35.5. The van der Waals surface area contributed by atoms with Gasteiger partial charge < -0.3 is 22.6 Å². The van der Waals surface area contributed by atoms with Crippen LogP contribution in [0.5, 0.6) is 0 Å². The topological polar surface area (TPSA) is 44.9 Å². The number of quaternary nitrogens is 1. The fraction of sp³-hybridized carbons (Fsp3) is 1.00. The van der Waals surface area contributed by atoms with Gasteiger partial charge in [0, 0.05) is 0 Å². The van der Waals surface area contributed by atoms with Crippen molar-refractivity contribution in [3.05, 3.63) is 0 Å². The number of hydrogen-bond acceptors (Lipinski definition) is 2. The molecule has 0 heterocycles. The quantitative estimate of drug-likeness (QED) is 0.308. The van der Waals surface area contributed by atoms with Crippen LogP contribution in [0.4, 0.5) is 0 Å². The Kier molecular flexibility index (Phi) is 6.32. The maximum Gasteiger partial charge on any atom is 0.301 e. The first-order valence-corrected chi connectivity index (χ1v) is 1.81. The van der Waals surface area contributed by atoms with Crippen molar-refractivity contribution in [1.29, 1.82) is 0 Å². The van der Waals surface area contributed by atoms with E-state index < -0.39 is 6.41 Å². The molecule has 0 aliphatic rings. The molecule has 4 heteroatoms. The first kappa shape index (κ1) is 10.2. The van der Waals surface area contributed by atoms with Gasteiger partial charge in [-0.2, -0.15) is 0 Å². The van der Waals surface area contributed by atoms with Crippen molar-refractivity contribution >= 4 is 0 Å². The number of rotatable bonds is 1. The van der Waals surface area contributed by atoms with Gasteiger partial charge in [-0.1, -0.05) is 0 Å². The van der Waals surface area contributed by atoms with E-state index in [-0.39, 0.29) is 12.4 Å². The summed E-state index contributed by atoms with van der Waals surface area (Å²) in [7, 11) is 3.31. The molecule has 3 N–H and O–H groups in total. The monoisotopic (exact) mass is 127 g/mol. The Balaban J connectivity index is 0. The molecule has 0 atom stereocenters. The molecule has 0 aliphatic heterocycles. The van der Waals surface area contributed by atoms with E-state index in [1.807, 2.05) is 0 Å². The van der Waals surface area contributed by atoms with Gasteiger partial charge in [0.1, 0.15) is 0 Å². The van der Waals surface area contributed by atoms with Gasteiger partial charge in [0.05, 0.1) is 14.1 Å². The molecule has 0 unspecified atom stereocenters. The molecule has 0 aromatic rings. The Hall–Kier alpha value is 0.170. The summed E-state index contributed by atoms with van der Waals surface area (Å²) < 4.78 is 0. The van der Waals surface area contributed by atoms with E-state index in [0.29, 0.717) is 4.90 Å². The zero-order chi connectivity index (χ0) is 5.15. The van der Waals surface area contributed by atoms with E-state index in [2.05, 4.69) is 0 Å². The number of halogens is 1. The average Bonchev–Trinajstić information content (AvgIpc) is 1.36. The lowest BCUT2D eigenvalue weighted by Crippen LogP contribution is -3.10. The minimum absolute atomic E-state index is 0. The number of aliphatic hydroxyl groups excluding tert-OH is 1. The molecule has 7 heavy (non-hydrogen) atoms. The van der Waals surface area contributed by atoms with Gasteiger partial charge in [0.2, 0.25) is 0 Å². The van der Waals surface area contributed by atoms with E-state index in [4.69, 9.17) is 10.2 Å². The molecule has 46 valence electrons. The van der Waals surface area contributed by atoms with Crippen molar-refractivity contribution < 1.29 is 27.5 Å². The van der Waals surface area contributed by atoms with E-state index in [9.17, 15) is 0 Å². The van der Waals surface area contributed by atoms with Crippen LogP contribution in [-0.2, 0) is 0 Å². The second-order valence-corrected chi connectivity index (χ2v) is 1.45. The number of hydrogen-bond donors (Lipinski definition) is 3. The molecule has 0 bridgehead atoms. The minimum Gasteiger partial charge on any atom is -1.00 e. The molecule has 0 spiro atoms. The first-order chi connectivity index (χ1) is 2.64. The van der Waals surface area contributed by atoms with Gasteiger partial charge in [-0.05, 0) is 0 Å². The van der Waals surface area contributed by atoms with Crippen LogP contribution in [0, 0.1) is 0 Å². The second-order valence-electron chi connectivity index (χ2n) is 1.45. The molecular weight excluding hydrogens is 117 g/mol. The predicted octanol–water partition coefficient (Wildman–Crippen LogP) is -5.60. The molecule has 0 radical (unpaired) electrons. The zero-order valence-electron chi connectivity index (χ0n) is 4.35. The Labute approximate surface area is 49.0 Å². The summed E-state index contributed by atoms with van der Waals surface area (Å²) in [5.74, 6) is 0. The maximum atomic E-state index is 8.15. The fourth-order valence-electron chi connectivity index (χ4n) is 0. The summed E-state index contributed by atoms with van der Waals surface area (Å²) in [6.07, 6.45) is -1.23. The Bertz CT molecular complexity index is 33.9. The second kappa shape index (κ2) is 4.33. The molecule has 0 aromatic heterocycles. The Morgan fingerprint density at radius 2 is 1.43 bits per heavy atom. The molecule has 0 fully saturated rings. The predicted molar refractivity (Wildman–Crippen MR) is 21.0 cm³/mol. The van der Waals surface area contributed by atoms with Crippen molar-refractivity contribution in [1.82, 2.24) is 0 Å².